The molecule has 0 amide bonds. The fraction of sp³-hybridized carbons (Fsp3) is 0.333. The maximum absolute atomic E-state index is 5.87. The van der Waals surface area contributed by atoms with Crippen LogP contribution in [0.5, 0.6) is 10.9 Å². The highest BCUT2D eigenvalue weighted by Crippen LogP contribution is 2.27. The molecule has 1 aromatic heterocycles. The van der Waals surface area contributed by atoms with Crippen molar-refractivity contribution >= 4 is 23.1 Å². The van der Waals surface area contributed by atoms with Crippen LogP contribution in [0, 0.1) is 6.92 Å². The van der Waals surface area contributed by atoms with Gasteiger partial charge in [-0.3, -0.25) is 4.99 Å². The highest BCUT2D eigenvalue weighted by molar-refractivity contribution is 7.07. The van der Waals surface area contributed by atoms with E-state index in [1.165, 1.54) is 18.6 Å². The molecule has 8 heteroatoms. The predicted molar refractivity (Wildman–Crippen MR) is 89.6 cm³/mol. The molecule has 120 valence electrons. The van der Waals surface area contributed by atoms with E-state index in [0.29, 0.717) is 28.3 Å². The number of para-hydroxylation sites is 1. The highest BCUT2D eigenvalue weighted by atomic mass is 32.1. The van der Waals surface area contributed by atoms with Crippen LogP contribution in [-0.2, 0) is 4.84 Å². The number of hydrogen-bond acceptors (Lipinski definition) is 8. The van der Waals surface area contributed by atoms with Crippen molar-refractivity contribution in [2.75, 3.05) is 20.2 Å². The summed E-state index contributed by atoms with van der Waals surface area (Å²) in [5.74, 6) is 2.03. The van der Waals surface area contributed by atoms with E-state index in [2.05, 4.69) is 24.8 Å². The summed E-state index contributed by atoms with van der Waals surface area (Å²) in [6.45, 7) is 3.46. The van der Waals surface area contributed by atoms with Crippen molar-refractivity contribution in [3.05, 3.63) is 35.7 Å². The van der Waals surface area contributed by atoms with Gasteiger partial charge in [-0.05, 0) is 25.5 Å². The van der Waals surface area contributed by atoms with Crippen LogP contribution in [0.25, 0.3) is 0 Å². The summed E-state index contributed by atoms with van der Waals surface area (Å²) in [5.41, 5.74) is 1.40. The summed E-state index contributed by atoms with van der Waals surface area (Å²) in [4.78, 5) is 13.7. The molecule has 0 radical (unpaired) electrons. The highest BCUT2D eigenvalue weighted by Gasteiger charge is 2.20. The first-order chi connectivity index (χ1) is 11.3. The number of rotatable bonds is 5. The number of aliphatic imine (C=N–C) groups is 1. The third kappa shape index (κ3) is 3.65. The van der Waals surface area contributed by atoms with Gasteiger partial charge in [0.1, 0.15) is 18.7 Å². The standard InChI is InChI=1S/C15H17N5O2S/c1-10-18-15(23-20-10)22-12-7-4-3-6-11(12)13(19-21-2)14-16-8-5-9-17-14/h3-4,6-7H,5,8-9H2,1-2H3,(H,16,17). The zero-order chi connectivity index (χ0) is 16.1. The molecule has 0 bridgehead atoms. The average molecular weight is 331 g/mol. The normalized spacial score (nSPS) is 14.9. The van der Waals surface area contributed by atoms with E-state index in [0.717, 1.165) is 25.1 Å². The molecule has 1 aliphatic heterocycles. The van der Waals surface area contributed by atoms with Crippen molar-refractivity contribution in [3.63, 3.8) is 0 Å². The number of hydrogen-bond donors (Lipinski definition) is 1. The van der Waals surface area contributed by atoms with Crippen molar-refractivity contribution in [1.29, 1.82) is 0 Å². The Kier molecular flexibility index (Phi) is 4.82. The molecule has 2 heterocycles. The van der Waals surface area contributed by atoms with E-state index in [1.807, 2.05) is 31.2 Å². The number of aryl methyl sites for hydroxylation is 1. The van der Waals surface area contributed by atoms with Gasteiger partial charge < -0.3 is 14.9 Å². The second-order valence-corrected chi connectivity index (χ2v) is 5.55. The van der Waals surface area contributed by atoms with Crippen LogP contribution in [-0.4, -0.2) is 41.1 Å². The number of aromatic nitrogens is 2. The Labute approximate surface area is 138 Å². The Morgan fingerprint density at radius 3 is 2.91 bits per heavy atom. The van der Waals surface area contributed by atoms with Gasteiger partial charge in [0.2, 0.25) is 0 Å². The van der Waals surface area contributed by atoms with E-state index in [9.17, 15) is 0 Å². The van der Waals surface area contributed by atoms with Gasteiger partial charge in [-0.2, -0.15) is 9.36 Å². The molecule has 2 aromatic rings. The Bertz CT molecular complexity index is 741. The average Bonchev–Trinajstić information content (AvgIpc) is 2.99. The third-order valence-corrected chi connectivity index (χ3v) is 3.84. The van der Waals surface area contributed by atoms with E-state index in [1.54, 1.807) is 0 Å². The second-order valence-electron chi connectivity index (χ2n) is 4.84. The summed E-state index contributed by atoms with van der Waals surface area (Å²) < 4.78 is 10.0. The minimum Gasteiger partial charge on any atom is -0.429 e. The third-order valence-electron chi connectivity index (χ3n) is 3.15. The Morgan fingerprint density at radius 1 is 1.35 bits per heavy atom. The van der Waals surface area contributed by atoms with Crippen LogP contribution in [0.3, 0.4) is 0 Å². The molecule has 23 heavy (non-hydrogen) atoms. The molecule has 0 fully saturated rings. The molecule has 0 atom stereocenters. The first-order valence-electron chi connectivity index (χ1n) is 7.25. The van der Waals surface area contributed by atoms with Crippen LogP contribution in [0.1, 0.15) is 17.8 Å². The molecule has 7 nitrogen and oxygen atoms in total. The Balaban J connectivity index is 1.96. The Morgan fingerprint density at radius 2 is 2.22 bits per heavy atom. The van der Waals surface area contributed by atoms with Gasteiger partial charge in [0.05, 0.1) is 5.56 Å². The van der Waals surface area contributed by atoms with Gasteiger partial charge in [-0.1, -0.05) is 17.3 Å². The number of ether oxygens (including phenoxy) is 1. The van der Waals surface area contributed by atoms with Crippen molar-refractivity contribution < 1.29 is 9.57 Å². The van der Waals surface area contributed by atoms with E-state index < -0.39 is 0 Å². The fourth-order valence-electron chi connectivity index (χ4n) is 2.17. The van der Waals surface area contributed by atoms with Gasteiger partial charge in [0, 0.05) is 24.6 Å². The molecule has 0 saturated carbocycles. The largest absolute Gasteiger partial charge is 0.429 e. The van der Waals surface area contributed by atoms with Crippen LogP contribution >= 0.6 is 11.5 Å². The molecule has 0 saturated heterocycles. The number of nitrogens with zero attached hydrogens (tertiary/aromatic N) is 4. The molecule has 0 aliphatic carbocycles. The molecular weight excluding hydrogens is 314 g/mol. The van der Waals surface area contributed by atoms with Gasteiger partial charge in [-0.15, -0.1) is 0 Å². The summed E-state index contributed by atoms with van der Waals surface area (Å²) in [6.07, 6.45) is 1.01. The molecule has 0 unspecified atom stereocenters. The lowest BCUT2D eigenvalue weighted by Gasteiger charge is -2.17. The molecular formula is C15H17N5O2S. The van der Waals surface area contributed by atoms with Gasteiger partial charge >= 0.3 is 0 Å². The summed E-state index contributed by atoms with van der Waals surface area (Å²) >= 11 is 1.21. The van der Waals surface area contributed by atoms with Crippen LogP contribution in [0.4, 0.5) is 0 Å². The number of nitrogens with one attached hydrogen (secondary N) is 1. The first-order valence-corrected chi connectivity index (χ1v) is 8.02. The van der Waals surface area contributed by atoms with Gasteiger partial charge in [-0.25, -0.2) is 0 Å². The predicted octanol–water partition coefficient (Wildman–Crippen LogP) is 2.38. The van der Waals surface area contributed by atoms with Crippen LogP contribution in [0.2, 0.25) is 0 Å². The summed E-state index contributed by atoms with van der Waals surface area (Å²) in [7, 11) is 1.51. The molecule has 3 rings (SSSR count). The lowest BCUT2D eigenvalue weighted by Crippen LogP contribution is -2.36. The van der Waals surface area contributed by atoms with Gasteiger partial charge in [0.25, 0.3) is 5.19 Å². The van der Waals surface area contributed by atoms with Gasteiger partial charge in [0.15, 0.2) is 11.5 Å². The first kappa shape index (κ1) is 15.4. The van der Waals surface area contributed by atoms with Crippen molar-refractivity contribution in [1.82, 2.24) is 14.7 Å². The number of benzene rings is 1. The zero-order valence-corrected chi connectivity index (χ0v) is 13.8. The summed E-state index contributed by atoms with van der Waals surface area (Å²) in [6, 6.07) is 7.59. The topological polar surface area (TPSA) is 81.0 Å². The molecule has 1 aliphatic rings. The maximum atomic E-state index is 5.87. The fourth-order valence-corrected chi connectivity index (χ4v) is 2.72. The minimum atomic E-state index is 0.491. The molecule has 1 N–H and O–H groups in total. The zero-order valence-electron chi connectivity index (χ0n) is 12.9. The lowest BCUT2D eigenvalue weighted by molar-refractivity contribution is 0.214. The lowest BCUT2D eigenvalue weighted by atomic mass is 10.1. The smallest absolute Gasteiger partial charge is 0.298 e. The summed E-state index contributed by atoms with van der Waals surface area (Å²) in [5, 5.41) is 7.88. The quantitative estimate of drug-likeness (QED) is 0.672. The van der Waals surface area contributed by atoms with Crippen LogP contribution in [0.15, 0.2) is 34.4 Å². The minimum absolute atomic E-state index is 0.491. The molecule has 1 aromatic carbocycles. The number of oxime groups is 1. The SMILES string of the molecule is CON=C(C1=NCCCN1)c1ccccc1Oc1nc(C)ns1. The van der Waals surface area contributed by atoms with E-state index >= 15 is 0 Å². The van der Waals surface area contributed by atoms with Crippen LogP contribution < -0.4 is 10.1 Å². The van der Waals surface area contributed by atoms with Crippen molar-refractivity contribution in [2.45, 2.75) is 13.3 Å². The van der Waals surface area contributed by atoms with E-state index in [-0.39, 0.29) is 0 Å². The van der Waals surface area contributed by atoms with E-state index in [4.69, 9.17) is 9.57 Å². The maximum Gasteiger partial charge on any atom is 0.298 e. The molecule has 0 spiro atoms. The van der Waals surface area contributed by atoms with Crippen molar-refractivity contribution in [3.8, 4) is 10.9 Å². The Hall–Kier alpha value is -2.48. The number of amidine groups is 1. The van der Waals surface area contributed by atoms with Crippen molar-refractivity contribution in [2.24, 2.45) is 10.1 Å². The second kappa shape index (κ2) is 7.19. The monoisotopic (exact) mass is 331 g/mol.